The van der Waals surface area contributed by atoms with Crippen LogP contribution in [0.2, 0.25) is 0 Å². The van der Waals surface area contributed by atoms with Crippen LogP contribution in [0, 0.1) is 5.92 Å². The molecule has 2 unspecified atom stereocenters. The van der Waals surface area contributed by atoms with Gasteiger partial charge in [-0.15, -0.1) is 12.4 Å². The molecule has 0 radical (unpaired) electrons. The van der Waals surface area contributed by atoms with Crippen molar-refractivity contribution in [2.75, 3.05) is 32.8 Å². The van der Waals surface area contributed by atoms with Crippen LogP contribution in [-0.2, 0) is 14.3 Å². The van der Waals surface area contributed by atoms with Gasteiger partial charge >= 0.3 is 0 Å². The molecule has 2 atom stereocenters. The van der Waals surface area contributed by atoms with Crippen molar-refractivity contribution in [3.8, 4) is 0 Å². The normalized spacial score (nSPS) is 24.1. The Morgan fingerprint density at radius 3 is 2.62 bits per heavy atom. The number of hydrogen-bond donors (Lipinski definition) is 1. The minimum atomic E-state index is -0.110. The standard InChI is InChI=1S/C20H30N2O3.ClH/c21-11-5-15-24-17-9-12-22(13-10-17)20(23)18-8-4-14-25-19(18)16-6-2-1-3-7-16;/h1-3,6-7,17-19H,4-5,8-15,21H2;1H. The lowest BCUT2D eigenvalue weighted by molar-refractivity contribution is -0.148. The highest BCUT2D eigenvalue weighted by molar-refractivity contribution is 5.85. The molecule has 0 bridgehead atoms. The number of benzene rings is 1. The third-order valence-electron chi connectivity index (χ3n) is 5.22. The van der Waals surface area contributed by atoms with E-state index < -0.39 is 0 Å². The molecule has 0 aliphatic carbocycles. The molecule has 3 rings (SSSR count). The quantitative estimate of drug-likeness (QED) is 0.768. The molecule has 0 spiro atoms. The van der Waals surface area contributed by atoms with Gasteiger partial charge in [-0.3, -0.25) is 4.79 Å². The zero-order chi connectivity index (χ0) is 17.5. The molecule has 26 heavy (non-hydrogen) atoms. The first-order valence-corrected chi connectivity index (χ1v) is 9.56. The molecule has 2 aliphatic rings. The molecule has 0 aromatic heterocycles. The maximum atomic E-state index is 13.1. The Morgan fingerprint density at radius 1 is 1.19 bits per heavy atom. The number of ether oxygens (including phenoxy) is 2. The van der Waals surface area contributed by atoms with Gasteiger partial charge in [-0.25, -0.2) is 0 Å². The summed E-state index contributed by atoms with van der Waals surface area (Å²) in [5.74, 6) is 0.180. The molecular formula is C20H31ClN2O3. The zero-order valence-corrected chi connectivity index (χ0v) is 16.2. The number of amides is 1. The van der Waals surface area contributed by atoms with Crippen molar-refractivity contribution in [2.45, 2.75) is 44.3 Å². The number of carbonyl (C=O) groups is 1. The monoisotopic (exact) mass is 382 g/mol. The minimum Gasteiger partial charge on any atom is -0.378 e. The van der Waals surface area contributed by atoms with Crippen molar-refractivity contribution in [2.24, 2.45) is 11.7 Å². The van der Waals surface area contributed by atoms with Crippen molar-refractivity contribution in [3.05, 3.63) is 35.9 Å². The van der Waals surface area contributed by atoms with Crippen molar-refractivity contribution < 1.29 is 14.3 Å². The van der Waals surface area contributed by atoms with E-state index in [0.717, 1.165) is 64.0 Å². The molecule has 2 N–H and O–H groups in total. The molecule has 5 nitrogen and oxygen atoms in total. The highest BCUT2D eigenvalue weighted by atomic mass is 35.5. The van der Waals surface area contributed by atoms with Gasteiger partial charge < -0.3 is 20.1 Å². The molecule has 2 aliphatic heterocycles. The summed E-state index contributed by atoms with van der Waals surface area (Å²) >= 11 is 0. The number of nitrogens with zero attached hydrogens (tertiary/aromatic N) is 1. The second kappa shape index (κ2) is 10.9. The van der Waals surface area contributed by atoms with Gasteiger partial charge in [0.25, 0.3) is 0 Å². The number of nitrogens with two attached hydrogens (primary N) is 1. The van der Waals surface area contributed by atoms with E-state index in [9.17, 15) is 4.79 Å². The lowest BCUT2D eigenvalue weighted by Crippen LogP contribution is -2.46. The number of rotatable bonds is 6. The summed E-state index contributed by atoms with van der Waals surface area (Å²) in [6.07, 6.45) is 4.75. The van der Waals surface area contributed by atoms with Gasteiger partial charge in [0.1, 0.15) is 0 Å². The second-order valence-corrected chi connectivity index (χ2v) is 6.99. The van der Waals surface area contributed by atoms with Crippen LogP contribution in [-0.4, -0.2) is 49.8 Å². The molecule has 146 valence electrons. The fourth-order valence-electron chi connectivity index (χ4n) is 3.82. The van der Waals surface area contributed by atoms with Gasteiger partial charge in [0.2, 0.25) is 5.91 Å². The largest absolute Gasteiger partial charge is 0.378 e. The van der Waals surface area contributed by atoms with E-state index in [4.69, 9.17) is 15.2 Å². The number of piperidine rings is 1. The molecule has 2 fully saturated rings. The van der Waals surface area contributed by atoms with Gasteiger partial charge in [0.05, 0.1) is 18.1 Å². The lowest BCUT2D eigenvalue weighted by Gasteiger charge is -2.38. The summed E-state index contributed by atoms with van der Waals surface area (Å²) in [7, 11) is 0. The number of carbonyl (C=O) groups excluding carboxylic acids is 1. The molecular weight excluding hydrogens is 352 g/mol. The van der Waals surface area contributed by atoms with Gasteiger partial charge in [-0.1, -0.05) is 30.3 Å². The van der Waals surface area contributed by atoms with Crippen LogP contribution >= 0.6 is 12.4 Å². The average molecular weight is 383 g/mol. The van der Waals surface area contributed by atoms with Gasteiger partial charge in [-0.2, -0.15) is 0 Å². The summed E-state index contributed by atoms with van der Waals surface area (Å²) in [5.41, 5.74) is 6.62. The Labute approximate surface area is 162 Å². The molecule has 0 saturated carbocycles. The minimum absolute atomic E-state index is 0. The predicted molar refractivity (Wildman–Crippen MR) is 104 cm³/mol. The fourth-order valence-corrected chi connectivity index (χ4v) is 3.82. The summed E-state index contributed by atoms with van der Waals surface area (Å²) in [6, 6.07) is 10.2. The van der Waals surface area contributed by atoms with Crippen LogP contribution in [0.25, 0.3) is 0 Å². The summed E-state index contributed by atoms with van der Waals surface area (Å²) in [4.78, 5) is 15.1. The van der Waals surface area contributed by atoms with Crippen LogP contribution in [0.4, 0.5) is 0 Å². The number of halogens is 1. The van der Waals surface area contributed by atoms with Crippen LogP contribution in [0.3, 0.4) is 0 Å². The van der Waals surface area contributed by atoms with Crippen LogP contribution in [0.15, 0.2) is 30.3 Å². The van der Waals surface area contributed by atoms with Crippen molar-refractivity contribution in [3.63, 3.8) is 0 Å². The zero-order valence-electron chi connectivity index (χ0n) is 15.3. The van der Waals surface area contributed by atoms with Crippen molar-refractivity contribution >= 4 is 18.3 Å². The van der Waals surface area contributed by atoms with Crippen molar-refractivity contribution in [1.82, 2.24) is 4.90 Å². The Bertz CT molecular complexity index is 535. The maximum Gasteiger partial charge on any atom is 0.228 e. The first kappa shape index (κ1) is 21.2. The summed E-state index contributed by atoms with van der Waals surface area (Å²) in [5, 5.41) is 0. The number of hydrogen-bond acceptors (Lipinski definition) is 4. The molecule has 1 aromatic rings. The van der Waals surface area contributed by atoms with E-state index in [1.807, 2.05) is 23.1 Å². The van der Waals surface area contributed by atoms with Crippen LogP contribution < -0.4 is 5.73 Å². The molecule has 6 heteroatoms. The third kappa shape index (κ3) is 5.43. The van der Waals surface area contributed by atoms with E-state index in [0.29, 0.717) is 6.54 Å². The second-order valence-electron chi connectivity index (χ2n) is 6.99. The van der Waals surface area contributed by atoms with Gasteiger partial charge in [0.15, 0.2) is 0 Å². The fraction of sp³-hybridized carbons (Fsp3) is 0.650. The van der Waals surface area contributed by atoms with Gasteiger partial charge in [0, 0.05) is 26.3 Å². The smallest absolute Gasteiger partial charge is 0.228 e. The summed E-state index contributed by atoms with van der Waals surface area (Å²) < 4.78 is 11.8. The molecule has 2 saturated heterocycles. The van der Waals surface area contributed by atoms with Crippen LogP contribution in [0.1, 0.15) is 43.8 Å². The highest BCUT2D eigenvalue weighted by Crippen LogP contribution is 2.35. The van der Waals surface area contributed by atoms with Crippen molar-refractivity contribution in [1.29, 1.82) is 0 Å². The predicted octanol–water partition coefficient (Wildman–Crippen LogP) is 2.93. The first-order chi connectivity index (χ1) is 12.3. The van der Waals surface area contributed by atoms with E-state index in [1.165, 1.54) is 0 Å². The van der Waals surface area contributed by atoms with E-state index >= 15 is 0 Å². The Balaban J connectivity index is 0.00000243. The Hall–Kier alpha value is -1.14. The highest BCUT2D eigenvalue weighted by Gasteiger charge is 2.36. The maximum absolute atomic E-state index is 13.1. The molecule has 2 heterocycles. The average Bonchev–Trinajstić information content (AvgIpc) is 2.69. The van der Waals surface area contributed by atoms with E-state index in [2.05, 4.69) is 12.1 Å². The SMILES string of the molecule is Cl.NCCCOC1CCN(C(=O)C2CCCOC2c2ccccc2)CC1. The summed E-state index contributed by atoms with van der Waals surface area (Å²) in [6.45, 7) is 3.69. The van der Waals surface area contributed by atoms with E-state index in [1.54, 1.807) is 0 Å². The number of likely N-dealkylation sites (tertiary alicyclic amines) is 1. The third-order valence-corrected chi connectivity index (χ3v) is 5.22. The Morgan fingerprint density at radius 2 is 1.92 bits per heavy atom. The van der Waals surface area contributed by atoms with Crippen LogP contribution in [0.5, 0.6) is 0 Å². The Kier molecular flexibility index (Phi) is 8.85. The lowest BCUT2D eigenvalue weighted by atomic mass is 9.87. The molecule has 1 aromatic carbocycles. The molecule has 1 amide bonds. The first-order valence-electron chi connectivity index (χ1n) is 9.56. The topological polar surface area (TPSA) is 64.8 Å². The van der Waals surface area contributed by atoms with Gasteiger partial charge in [-0.05, 0) is 44.2 Å². The van der Waals surface area contributed by atoms with E-state index in [-0.39, 0.29) is 36.4 Å².